The van der Waals surface area contributed by atoms with Gasteiger partial charge in [0.05, 0.1) is 12.2 Å². The number of rotatable bonds is 5. The van der Waals surface area contributed by atoms with E-state index in [1.54, 1.807) is 11.3 Å². The minimum Gasteiger partial charge on any atom is -0.333 e. The number of nitrogens with zero attached hydrogens (tertiary/aromatic N) is 4. The van der Waals surface area contributed by atoms with E-state index in [0.717, 1.165) is 38.5 Å². The van der Waals surface area contributed by atoms with Gasteiger partial charge in [0.25, 0.3) is 0 Å². The highest BCUT2D eigenvalue weighted by molar-refractivity contribution is 7.09. The van der Waals surface area contributed by atoms with Gasteiger partial charge in [-0.05, 0) is 0 Å². The van der Waals surface area contributed by atoms with Crippen molar-refractivity contribution in [1.82, 2.24) is 24.8 Å². The molecule has 5 nitrogen and oxygen atoms in total. The van der Waals surface area contributed by atoms with E-state index in [1.807, 2.05) is 6.20 Å². The first kappa shape index (κ1) is 13.7. The van der Waals surface area contributed by atoms with Crippen LogP contribution in [0.15, 0.2) is 17.8 Å². The highest BCUT2D eigenvalue weighted by Gasteiger charge is 2.17. The van der Waals surface area contributed by atoms with Crippen LogP contribution in [-0.2, 0) is 26.2 Å². The molecule has 0 fully saturated rings. The summed E-state index contributed by atoms with van der Waals surface area (Å²) in [5, 5.41) is 6.76. The molecule has 1 N–H and O–H groups in total. The van der Waals surface area contributed by atoms with Crippen molar-refractivity contribution in [3.05, 3.63) is 34.3 Å². The van der Waals surface area contributed by atoms with Gasteiger partial charge in [-0.15, -0.1) is 11.3 Å². The summed E-state index contributed by atoms with van der Waals surface area (Å²) in [6.07, 6.45) is 3.95. The topological polar surface area (TPSA) is 46.0 Å². The molecule has 20 heavy (non-hydrogen) atoms. The molecule has 0 atom stereocenters. The second kappa shape index (κ2) is 6.03. The first-order valence-electron chi connectivity index (χ1n) is 7.10. The molecule has 3 heterocycles. The lowest BCUT2D eigenvalue weighted by atomic mass is 10.3. The highest BCUT2D eigenvalue weighted by atomic mass is 32.1. The summed E-state index contributed by atoms with van der Waals surface area (Å²) < 4.78 is 2.23. The molecule has 0 amide bonds. The zero-order valence-electron chi connectivity index (χ0n) is 12.0. The average Bonchev–Trinajstić information content (AvgIpc) is 3.04. The maximum atomic E-state index is 4.71. The number of nitrogens with one attached hydrogen (secondary N) is 1. The monoisotopic (exact) mass is 291 g/mol. The van der Waals surface area contributed by atoms with Gasteiger partial charge in [0.2, 0.25) is 0 Å². The van der Waals surface area contributed by atoms with Crippen molar-refractivity contribution in [3.8, 4) is 0 Å². The molecule has 0 unspecified atom stereocenters. The normalized spacial score (nSPS) is 15.8. The van der Waals surface area contributed by atoms with Crippen LogP contribution < -0.4 is 5.32 Å². The summed E-state index contributed by atoms with van der Waals surface area (Å²) in [4.78, 5) is 11.5. The molecular formula is C14H21N5S. The number of imidazole rings is 1. The van der Waals surface area contributed by atoms with Crippen molar-refractivity contribution >= 4 is 11.3 Å². The van der Waals surface area contributed by atoms with E-state index >= 15 is 0 Å². The molecule has 2 aromatic heterocycles. The van der Waals surface area contributed by atoms with Gasteiger partial charge in [0.1, 0.15) is 10.8 Å². The maximum Gasteiger partial charge on any atom is 0.122 e. The molecule has 0 aromatic carbocycles. The number of hydrogen-bond donors (Lipinski definition) is 1. The Bertz CT molecular complexity index is 559. The van der Waals surface area contributed by atoms with E-state index < -0.39 is 0 Å². The molecule has 0 aliphatic carbocycles. The Morgan fingerprint density at radius 3 is 3.15 bits per heavy atom. The summed E-state index contributed by atoms with van der Waals surface area (Å²) in [7, 11) is 0. The second-order valence-electron chi connectivity index (χ2n) is 5.52. The van der Waals surface area contributed by atoms with Crippen molar-refractivity contribution < 1.29 is 0 Å². The third kappa shape index (κ3) is 3.26. The zero-order valence-corrected chi connectivity index (χ0v) is 12.9. The number of hydrogen-bond acceptors (Lipinski definition) is 5. The molecule has 6 heteroatoms. The summed E-state index contributed by atoms with van der Waals surface area (Å²) in [5.74, 6) is 1.16. The van der Waals surface area contributed by atoms with Crippen LogP contribution in [-0.4, -0.2) is 32.0 Å². The van der Waals surface area contributed by atoms with Crippen LogP contribution in [0.1, 0.15) is 30.4 Å². The zero-order chi connectivity index (χ0) is 13.9. The Labute approximate surface area is 123 Å². The lowest BCUT2D eigenvalue weighted by molar-refractivity contribution is 0.207. The Hall–Kier alpha value is -1.24. The summed E-state index contributed by atoms with van der Waals surface area (Å²) >= 11 is 1.75. The molecular weight excluding hydrogens is 270 g/mol. The molecule has 1 aliphatic rings. The van der Waals surface area contributed by atoms with E-state index in [9.17, 15) is 0 Å². The van der Waals surface area contributed by atoms with E-state index in [0.29, 0.717) is 6.04 Å². The van der Waals surface area contributed by atoms with Crippen molar-refractivity contribution in [2.75, 3.05) is 6.54 Å². The van der Waals surface area contributed by atoms with Gasteiger partial charge >= 0.3 is 0 Å². The molecule has 108 valence electrons. The Balaban J connectivity index is 1.56. The third-order valence-electron chi connectivity index (χ3n) is 3.47. The quantitative estimate of drug-likeness (QED) is 0.913. The van der Waals surface area contributed by atoms with Crippen LogP contribution >= 0.6 is 11.3 Å². The lowest BCUT2D eigenvalue weighted by Gasteiger charge is -2.26. The smallest absolute Gasteiger partial charge is 0.122 e. The van der Waals surface area contributed by atoms with Gasteiger partial charge < -0.3 is 9.88 Å². The standard InChI is InChI=1S/C14H21N5S/c1-11(2)16-7-14-17-12(10-20-14)8-18-5-6-19-4-3-15-13(19)9-18/h3-4,10-11,16H,5-9H2,1-2H3. The van der Waals surface area contributed by atoms with Crippen molar-refractivity contribution in [3.63, 3.8) is 0 Å². The summed E-state index contributed by atoms with van der Waals surface area (Å²) in [6.45, 7) is 9.12. The summed E-state index contributed by atoms with van der Waals surface area (Å²) in [5.41, 5.74) is 1.18. The third-order valence-corrected chi connectivity index (χ3v) is 4.37. The van der Waals surface area contributed by atoms with Gasteiger partial charge in [-0.1, -0.05) is 13.8 Å². The SMILES string of the molecule is CC(C)NCc1nc(CN2CCn3ccnc3C2)cs1. The molecule has 0 saturated heterocycles. The minimum absolute atomic E-state index is 0.503. The first-order valence-corrected chi connectivity index (χ1v) is 7.97. The van der Waals surface area contributed by atoms with Crippen LogP contribution in [0.2, 0.25) is 0 Å². The van der Waals surface area contributed by atoms with Crippen LogP contribution in [0.3, 0.4) is 0 Å². The fourth-order valence-electron chi connectivity index (χ4n) is 2.38. The van der Waals surface area contributed by atoms with Gasteiger partial charge in [-0.3, -0.25) is 4.90 Å². The van der Waals surface area contributed by atoms with E-state index in [-0.39, 0.29) is 0 Å². The van der Waals surface area contributed by atoms with Crippen LogP contribution in [0.4, 0.5) is 0 Å². The first-order chi connectivity index (χ1) is 9.70. The molecule has 0 spiro atoms. The van der Waals surface area contributed by atoms with Gasteiger partial charge in [0.15, 0.2) is 0 Å². The Morgan fingerprint density at radius 1 is 1.40 bits per heavy atom. The van der Waals surface area contributed by atoms with Crippen molar-refractivity contribution in [1.29, 1.82) is 0 Å². The second-order valence-corrected chi connectivity index (χ2v) is 6.46. The van der Waals surface area contributed by atoms with Gasteiger partial charge in [-0.2, -0.15) is 0 Å². The molecule has 1 aliphatic heterocycles. The molecule has 0 bridgehead atoms. The Morgan fingerprint density at radius 2 is 2.30 bits per heavy atom. The fraction of sp³-hybridized carbons (Fsp3) is 0.571. The predicted octanol–water partition coefficient (Wildman–Crippen LogP) is 1.85. The number of thiazole rings is 1. The molecule has 2 aromatic rings. The molecule has 3 rings (SSSR count). The van der Waals surface area contributed by atoms with E-state index in [2.05, 4.69) is 45.2 Å². The molecule has 0 radical (unpaired) electrons. The number of fused-ring (bicyclic) bond motifs is 1. The maximum absolute atomic E-state index is 4.71. The van der Waals surface area contributed by atoms with Crippen LogP contribution in [0.5, 0.6) is 0 Å². The molecule has 0 saturated carbocycles. The highest BCUT2D eigenvalue weighted by Crippen LogP contribution is 2.16. The van der Waals surface area contributed by atoms with Crippen molar-refractivity contribution in [2.24, 2.45) is 0 Å². The predicted molar refractivity (Wildman–Crippen MR) is 80.4 cm³/mol. The van der Waals surface area contributed by atoms with Crippen LogP contribution in [0.25, 0.3) is 0 Å². The van der Waals surface area contributed by atoms with Gasteiger partial charge in [-0.25, -0.2) is 9.97 Å². The van der Waals surface area contributed by atoms with Crippen LogP contribution in [0, 0.1) is 0 Å². The lowest BCUT2D eigenvalue weighted by Crippen LogP contribution is -2.33. The summed E-state index contributed by atoms with van der Waals surface area (Å²) in [6, 6.07) is 0.503. The minimum atomic E-state index is 0.503. The number of aromatic nitrogens is 3. The van der Waals surface area contributed by atoms with Crippen molar-refractivity contribution in [2.45, 2.75) is 46.1 Å². The van der Waals surface area contributed by atoms with Gasteiger partial charge in [0, 0.05) is 50.0 Å². The Kier molecular flexibility index (Phi) is 4.14. The average molecular weight is 291 g/mol. The van der Waals surface area contributed by atoms with E-state index in [1.165, 1.54) is 10.7 Å². The fourth-order valence-corrected chi connectivity index (χ4v) is 3.12. The largest absolute Gasteiger partial charge is 0.333 e. The van der Waals surface area contributed by atoms with E-state index in [4.69, 9.17) is 4.98 Å².